The molecule has 1 fully saturated rings. The summed E-state index contributed by atoms with van der Waals surface area (Å²) in [7, 11) is -2.50. The van der Waals surface area contributed by atoms with Gasteiger partial charge in [0.05, 0.1) is 18.3 Å². The highest BCUT2D eigenvalue weighted by molar-refractivity contribution is 7.93. The number of aromatic nitrogens is 1. The van der Waals surface area contributed by atoms with Crippen molar-refractivity contribution in [2.24, 2.45) is 5.92 Å². The number of para-hydroxylation sites is 1. The van der Waals surface area contributed by atoms with E-state index in [-0.39, 0.29) is 22.2 Å². The zero-order valence-electron chi connectivity index (χ0n) is 22.0. The maximum atomic E-state index is 13.2. The molecule has 2 aromatic carbocycles. The standard InChI is InChI=1S/C30H32N4O4S/c1-38-27-22-25(30(35)34-20-18-33(19-21-34)17-7-10-23-8-3-2-4-9-23)14-15-26(27)32-39(36,37)28-13-5-11-24-12-6-16-31-29(24)28/h2-3,5-6,11-16,22-23,32H,7-8,10,17-21H2,1H3. The van der Waals surface area contributed by atoms with Crippen molar-refractivity contribution in [2.45, 2.75) is 24.2 Å². The Hall–Kier alpha value is -3.87. The number of rotatable bonds is 9. The summed E-state index contributed by atoms with van der Waals surface area (Å²) < 4.78 is 34.6. The number of fused-ring (bicyclic) bond motifs is 1. The molecule has 1 N–H and O–H groups in total. The number of nitrogens with one attached hydrogen (secondary N) is 1. The van der Waals surface area contributed by atoms with Crippen LogP contribution in [0.3, 0.4) is 0 Å². The lowest BCUT2D eigenvalue weighted by Crippen LogP contribution is -2.48. The number of pyridine rings is 1. The van der Waals surface area contributed by atoms with E-state index < -0.39 is 10.0 Å². The van der Waals surface area contributed by atoms with Gasteiger partial charge in [0.15, 0.2) is 0 Å². The maximum absolute atomic E-state index is 13.2. The summed E-state index contributed by atoms with van der Waals surface area (Å²) in [6, 6.07) is 13.4. The molecule has 3 aromatic rings. The highest BCUT2D eigenvalue weighted by atomic mass is 32.2. The minimum absolute atomic E-state index is 0.0733. The average molecular weight is 545 g/mol. The van der Waals surface area contributed by atoms with Gasteiger partial charge in [0, 0.05) is 49.2 Å². The number of anilines is 1. The van der Waals surface area contributed by atoms with Gasteiger partial charge >= 0.3 is 0 Å². The molecule has 1 aliphatic carbocycles. The smallest absolute Gasteiger partial charge is 0.264 e. The zero-order valence-corrected chi connectivity index (χ0v) is 22.8. The predicted octanol–water partition coefficient (Wildman–Crippen LogP) is 4.16. The van der Waals surface area contributed by atoms with Crippen LogP contribution in [0, 0.1) is 17.8 Å². The topological polar surface area (TPSA) is 91.8 Å². The number of hydrogen-bond donors (Lipinski definition) is 1. The number of hydrogen-bond acceptors (Lipinski definition) is 6. The Kier molecular flexibility index (Phi) is 8.15. The molecule has 0 radical (unpaired) electrons. The minimum Gasteiger partial charge on any atom is -0.495 e. The maximum Gasteiger partial charge on any atom is 0.264 e. The second-order valence-corrected chi connectivity index (χ2v) is 11.4. The number of amides is 1. The van der Waals surface area contributed by atoms with Crippen molar-refractivity contribution in [1.29, 1.82) is 0 Å². The number of nitrogens with zero attached hydrogens (tertiary/aromatic N) is 3. The van der Waals surface area contributed by atoms with Crippen molar-refractivity contribution in [1.82, 2.24) is 14.8 Å². The molecule has 1 saturated heterocycles. The van der Waals surface area contributed by atoms with E-state index in [0.29, 0.717) is 30.1 Å². The van der Waals surface area contributed by atoms with Crippen LogP contribution in [-0.2, 0) is 10.0 Å². The molecule has 2 heterocycles. The van der Waals surface area contributed by atoms with Gasteiger partial charge in [-0.1, -0.05) is 36.1 Å². The van der Waals surface area contributed by atoms with Gasteiger partial charge in [-0.05, 0) is 62.2 Å². The number of methoxy groups -OCH3 is 1. The Bertz CT molecular complexity index is 1540. The van der Waals surface area contributed by atoms with Crippen molar-refractivity contribution in [3.05, 3.63) is 72.4 Å². The number of ether oxygens (including phenoxy) is 1. The van der Waals surface area contributed by atoms with E-state index in [2.05, 4.69) is 32.5 Å². The molecule has 0 saturated carbocycles. The molecule has 8 nitrogen and oxygen atoms in total. The van der Waals surface area contributed by atoms with E-state index >= 15 is 0 Å². The lowest BCUT2D eigenvalue weighted by molar-refractivity contribution is 0.0634. The van der Waals surface area contributed by atoms with Gasteiger partial charge in [0.2, 0.25) is 0 Å². The summed E-state index contributed by atoms with van der Waals surface area (Å²) in [4.78, 5) is 21.8. The first-order valence-electron chi connectivity index (χ1n) is 13.2. The van der Waals surface area contributed by atoms with Gasteiger partial charge < -0.3 is 9.64 Å². The van der Waals surface area contributed by atoms with Crippen LogP contribution in [0.15, 0.2) is 71.8 Å². The zero-order chi connectivity index (χ0) is 27.2. The van der Waals surface area contributed by atoms with Crippen LogP contribution >= 0.6 is 0 Å². The summed E-state index contributed by atoms with van der Waals surface area (Å²) in [6.45, 7) is 3.97. The average Bonchev–Trinajstić information content (AvgIpc) is 2.97. The lowest BCUT2D eigenvalue weighted by atomic mass is 9.97. The summed E-state index contributed by atoms with van der Waals surface area (Å²) in [5.41, 5.74) is 1.10. The fourth-order valence-electron chi connectivity index (χ4n) is 5.03. The number of carbonyl (C=O) groups is 1. The van der Waals surface area contributed by atoms with E-state index in [1.54, 1.807) is 36.5 Å². The first-order chi connectivity index (χ1) is 18.9. The SMILES string of the molecule is COc1cc(C(=O)N2CCN(CCCC3C#CC=CC3)CC2)ccc1NS(=O)(=O)c1cccc2cccnc12. The van der Waals surface area contributed by atoms with Crippen LogP contribution in [0.25, 0.3) is 10.9 Å². The second kappa shape index (κ2) is 11.9. The molecule has 0 bridgehead atoms. The third-order valence-corrected chi connectivity index (χ3v) is 8.57. The Morgan fingerprint density at radius 2 is 1.95 bits per heavy atom. The molecular formula is C30H32N4O4S. The number of sulfonamides is 1. The van der Waals surface area contributed by atoms with Crippen molar-refractivity contribution in [3.63, 3.8) is 0 Å². The molecule has 1 unspecified atom stereocenters. The van der Waals surface area contributed by atoms with Crippen molar-refractivity contribution in [2.75, 3.05) is 44.6 Å². The third kappa shape index (κ3) is 6.24. The summed E-state index contributed by atoms with van der Waals surface area (Å²) in [5.74, 6) is 6.98. The number of allylic oxidation sites excluding steroid dienone is 2. The van der Waals surface area contributed by atoms with Crippen LogP contribution in [-0.4, -0.2) is 68.9 Å². The fraction of sp³-hybridized carbons (Fsp3) is 0.333. The Morgan fingerprint density at radius 1 is 1.13 bits per heavy atom. The van der Waals surface area contributed by atoms with Gasteiger partial charge in [-0.2, -0.15) is 0 Å². The van der Waals surface area contributed by atoms with Crippen LogP contribution in [0.2, 0.25) is 0 Å². The summed E-state index contributed by atoms with van der Waals surface area (Å²) in [6.07, 6.45) is 8.88. The Morgan fingerprint density at radius 3 is 2.72 bits per heavy atom. The van der Waals surface area contributed by atoms with E-state index in [1.165, 1.54) is 13.2 Å². The number of benzene rings is 2. The van der Waals surface area contributed by atoms with Crippen LogP contribution in [0.4, 0.5) is 5.69 Å². The van der Waals surface area contributed by atoms with Crippen LogP contribution in [0.1, 0.15) is 29.6 Å². The minimum atomic E-state index is -3.95. The third-order valence-electron chi connectivity index (χ3n) is 7.17. The molecule has 1 aliphatic heterocycles. The van der Waals surface area contributed by atoms with E-state index in [1.807, 2.05) is 23.1 Å². The Balaban J connectivity index is 1.21. The summed E-state index contributed by atoms with van der Waals surface area (Å²) in [5, 5.41) is 0.726. The molecule has 202 valence electrons. The molecule has 1 aromatic heterocycles. The van der Waals surface area contributed by atoms with E-state index in [4.69, 9.17) is 4.74 Å². The molecule has 2 aliphatic rings. The Labute approximate surface area is 229 Å². The summed E-state index contributed by atoms with van der Waals surface area (Å²) >= 11 is 0. The molecule has 39 heavy (non-hydrogen) atoms. The molecule has 0 spiro atoms. The van der Waals surface area contributed by atoms with Crippen LogP contribution < -0.4 is 9.46 Å². The van der Waals surface area contributed by atoms with E-state index in [0.717, 1.165) is 44.3 Å². The number of carbonyl (C=O) groups excluding carboxylic acids is 1. The molecule has 1 atom stereocenters. The van der Waals surface area contributed by atoms with Gasteiger partial charge in [-0.3, -0.25) is 19.4 Å². The molecular weight excluding hydrogens is 512 g/mol. The molecule has 5 rings (SSSR count). The normalized spacial score (nSPS) is 17.5. The van der Waals surface area contributed by atoms with Crippen molar-refractivity contribution in [3.8, 4) is 17.6 Å². The monoisotopic (exact) mass is 544 g/mol. The van der Waals surface area contributed by atoms with Gasteiger partial charge in [0.1, 0.15) is 10.6 Å². The predicted molar refractivity (Wildman–Crippen MR) is 152 cm³/mol. The number of piperazine rings is 1. The highest BCUT2D eigenvalue weighted by Gasteiger charge is 2.24. The largest absolute Gasteiger partial charge is 0.495 e. The fourth-order valence-corrected chi connectivity index (χ4v) is 6.28. The lowest BCUT2D eigenvalue weighted by Gasteiger charge is -2.35. The van der Waals surface area contributed by atoms with Gasteiger partial charge in [-0.15, -0.1) is 0 Å². The van der Waals surface area contributed by atoms with Crippen molar-refractivity contribution < 1.29 is 17.9 Å². The highest BCUT2D eigenvalue weighted by Crippen LogP contribution is 2.30. The molecule has 9 heteroatoms. The molecule has 1 amide bonds. The quantitative estimate of drug-likeness (QED) is 0.407. The van der Waals surface area contributed by atoms with Gasteiger partial charge in [0.25, 0.3) is 15.9 Å². The first kappa shape index (κ1) is 26.7. The van der Waals surface area contributed by atoms with Gasteiger partial charge in [-0.25, -0.2) is 8.42 Å². The van der Waals surface area contributed by atoms with Crippen molar-refractivity contribution >= 4 is 32.5 Å². The first-order valence-corrected chi connectivity index (χ1v) is 14.7. The van der Waals surface area contributed by atoms with Crippen LogP contribution in [0.5, 0.6) is 5.75 Å². The van der Waals surface area contributed by atoms with E-state index in [9.17, 15) is 13.2 Å². The second-order valence-electron chi connectivity index (χ2n) is 9.75.